The number of aryl methyl sites for hydroxylation is 1. The highest BCUT2D eigenvalue weighted by molar-refractivity contribution is 9.10. The SMILES string of the molecule is COc1ccc(C(Br)C2CCc3ccccc3C2)cc1Br. The van der Waals surface area contributed by atoms with Crippen molar-refractivity contribution in [3.8, 4) is 5.75 Å². The van der Waals surface area contributed by atoms with Gasteiger partial charge in [-0.2, -0.15) is 0 Å². The van der Waals surface area contributed by atoms with E-state index in [0.29, 0.717) is 10.7 Å². The van der Waals surface area contributed by atoms with Gasteiger partial charge in [-0.15, -0.1) is 0 Å². The summed E-state index contributed by atoms with van der Waals surface area (Å²) in [6, 6.07) is 15.2. The van der Waals surface area contributed by atoms with Gasteiger partial charge in [-0.25, -0.2) is 0 Å². The lowest BCUT2D eigenvalue weighted by molar-refractivity contribution is 0.411. The molecule has 0 fully saturated rings. The second-order valence-corrected chi connectivity index (χ2v) is 7.41. The first-order valence-corrected chi connectivity index (χ1v) is 8.94. The summed E-state index contributed by atoms with van der Waals surface area (Å²) in [5.41, 5.74) is 4.34. The smallest absolute Gasteiger partial charge is 0.133 e. The van der Waals surface area contributed by atoms with E-state index in [2.05, 4.69) is 68.3 Å². The minimum Gasteiger partial charge on any atom is -0.496 e. The Balaban J connectivity index is 1.80. The van der Waals surface area contributed by atoms with Gasteiger partial charge in [-0.3, -0.25) is 0 Å². The molecule has 21 heavy (non-hydrogen) atoms. The summed E-state index contributed by atoms with van der Waals surface area (Å²) in [7, 11) is 1.70. The van der Waals surface area contributed by atoms with E-state index in [0.717, 1.165) is 16.6 Å². The van der Waals surface area contributed by atoms with Gasteiger partial charge in [-0.05, 0) is 69.9 Å². The monoisotopic (exact) mass is 408 g/mol. The maximum Gasteiger partial charge on any atom is 0.133 e. The summed E-state index contributed by atoms with van der Waals surface area (Å²) in [6.45, 7) is 0. The molecule has 0 saturated carbocycles. The first-order chi connectivity index (χ1) is 10.2. The molecule has 0 saturated heterocycles. The minimum absolute atomic E-state index is 0.382. The summed E-state index contributed by atoms with van der Waals surface area (Å²) < 4.78 is 6.33. The molecule has 0 N–H and O–H groups in total. The van der Waals surface area contributed by atoms with Crippen molar-refractivity contribution >= 4 is 31.9 Å². The number of alkyl halides is 1. The van der Waals surface area contributed by atoms with Crippen molar-refractivity contribution in [1.29, 1.82) is 0 Å². The third kappa shape index (κ3) is 3.19. The number of methoxy groups -OCH3 is 1. The van der Waals surface area contributed by atoms with E-state index in [1.807, 2.05) is 6.07 Å². The Kier molecular flexibility index (Phi) is 4.70. The van der Waals surface area contributed by atoms with E-state index in [1.54, 1.807) is 7.11 Å². The molecule has 3 rings (SSSR count). The summed E-state index contributed by atoms with van der Waals surface area (Å²) in [5, 5.41) is 0. The number of halogens is 2. The molecule has 1 aliphatic carbocycles. The molecule has 2 atom stereocenters. The van der Waals surface area contributed by atoms with E-state index in [9.17, 15) is 0 Å². The molecule has 1 aliphatic rings. The Morgan fingerprint density at radius 3 is 2.62 bits per heavy atom. The van der Waals surface area contributed by atoms with Crippen molar-refractivity contribution in [2.45, 2.75) is 24.1 Å². The molecular formula is C18H18Br2O. The summed E-state index contributed by atoms with van der Waals surface area (Å²) >= 11 is 7.50. The van der Waals surface area contributed by atoms with E-state index in [4.69, 9.17) is 4.74 Å². The van der Waals surface area contributed by atoms with Crippen LogP contribution in [0.15, 0.2) is 46.9 Å². The lowest BCUT2D eigenvalue weighted by Gasteiger charge is -2.29. The Labute approximate surface area is 143 Å². The molecule has 3 heteroatoms. The molecule has 2 aromatic carbocycles. The third-order valence-corrected chi connectivity index (χ3v) is 6.19. The van der Waals surface area contributed by atoms with Crippen LogP contribution in [-0.2, 0) is 12.8 Å². The van der Waals surface area contributed by atoms with E-state index in [-0.39, 0.29) is 0 Å². The zero-order chi connectivity index (χ0) is 14.8. The number of benzene rings is 2. The van der Waals surface area contributed by atoms with Crippen LogP contribution in [0.4, 0.5) is 0 Å². The fourth-order valence-corrected chi connectivity index (χ4v) is 4.40. The largest absolute Gasteiger partial charge is 0.496 e. The van der Waals surface area contributed by atoms with E-state index in [1.165, 1.54) is 29.5 Å². The molecule has 0 aromatic heterocycles. The maximum absolute atomic E-state index is 5.31. The number of rotatable bonds is 3. The van der Waals surface area contributed by atoms with Crippen LogP contribution >= 0.6 is 31.9 Å². The summed E-state index contributed by atoms with van der Waals surface area (Å²) in [4.78, 5) is 0.382. The number of fused-ring (bicyclic) bond motifs is 1. The van der Waals surface area contributed by atoms with Crippen LogP contribution in [0.3, 0.4) is 0 Å². The van der Waals surface area contributed by atoms with Crippen molar-refractivity contribution in [3.05, 3.63) is 63.6 Å². The summed E-state index contributed by atoms with van der Waals surface area (Å²) in [5.74, 6) is 1.52. The number of hydrogen-bond donors (Lipinski definition) is 0. The molecule has 0 radical (unpaired) electrons. The standard InChI is InChI=1S/C18H18Br2O/c1-21-17-9-8-15(11-16(17)19)18(20)14-7-6-12-4-2-3-5-13(12)10-14/h2-5,8-9,11,14,18H,6-7,10H2,1H3. The molecule has 2 aromatic rings. The van der Waals surface area contributed by atoms with E-state index < -0.39 is 0 Å². The van der Waals surface area contributed by atoms with Gasteiger partial charge in [0.15, 0.2) is 0 Å². The van der Waals surface area contributed by atoms with E-state index >= 15 is 0 Å². The van der Waals surface area contributed by atoms with Gasteiger partial charge in [0.2, 0.25) is 0 Å². The second kappa shape index (κ2) is 6.53. The van der Waals surface area contributed by atoms with Gasteiger partial charge in [0.1, 0.15) is 5.75 Å². The maximum atomic E-state index is 5.31. The lowest BCUT2D eigenvalue weighted by atomic mass is 9.81. The Morgan fingerprint density at radius 1 is 1.14 bits per heavy atom. The van der Waals surface area contributed by atoms with Crippen LogP contribution in [0.2, 0.25) is 0 Å². The van der Waals surface area contributed by atoms with Crippen LogP contribution in [0.5, 0.6) is 5.75 Å². The highest BCUT2D eigenvalue weighted by atomic mass is 79.9. The summed E-state index contributed by atoms with van der Waals surface area (Å²) in [6.07, 6.45) is 3.56. The minimum atomic E-state index is 0.382. The predicted octanol–water partition coefficient (Wildman–Crippen LogP) is 5.70. The lowest BCUT2D eigenvalue weighted by Crippen LogP contribution is -2.18. The van der Waals surface area contributed by atoms with Crippen LogP contribution < -0.4 is 4.74 Å². The average Bonchev–Trinajstić information content (AvgIpc) is 2.53. The first kappa shape index (κ1) is 15.1. The zero-order valence-electron chi connectivity index (χ0n) is 12.0. The van der Waals surface area contributed by atoms with Gasteiger partial charge < -0.3 is 4.74 Å². The number of ether oxygens (including phenoxy) is 1. The topological polar surface area (TPSA) is 9.23 Å². The van der Waals surface area contributed by atoms with Crippen LogP contribution in [0.25, 0.3) is 0 Å². The molecule has 0 heterocycles. The van der Waals surface area contributed by atoms with Gasteiger partial charge in [0.05, 0.1) is 11.6 Å². The highest BCUT2D eigenvalue weighted by Crippen LogP contribution is 2.41. The van der Waals surface area contributed by atoms with Crippen molar-refractivity contribution < 1.29 is 4.74 Å². The zero-order valence-corrected chi connectivity index (χ0v) is 15.2. The van der Waals surface area contributed by atoms with Crippen molar-refractivity contribution in [2.75, 3.05) is 7.11 Å². The quantitative estimate of drug-likeness (QED) is 0.591. The van der Waals surface area contributed by atoms with Crippen LogP contribution in [0.1, 0.15) is 27.9 Å². The molecular weight excluding hydrogens is 392 g/mol. The van der Waals surface area contributed by atoms with Crippen molar-refractivity contribution in [1.82, 2.24) is 0 Å². The highest BCUT2D eigenvalue weighted by Gasteiger charge is 2.25. The van der Waals surface area contributed by atoms with Crippen molar-refractivity contribution in [2.24, 2.45) is 5.92 Å². The Bertz CT molecular complexity index is 639. The molecule has 0 spiro atoms. The normalized spacial score (nSPS) is 18.9. The Hall–Kier alpha value is -0.800. The molecule has 0 bridgehead atoms. The third-order valence-electron chi connectivity index (χ3n) is 4.29. The average molecular weight is 410 g/mol. The number of hydrogen-bond acceptors (Lipinski definition) is 1. The van der Waals surface area contributed by atoms with Gasteiger partial charge in [0, 0.05) is 4.83 Å². The van der Waals surface area contributed by atoms with Gasteiger partial charge in [-0.1, -0.05) is 46.3 Å². The molecule has 110 valence electrons. The molecule has 0 aliphatic heterocycles. The first-order valence-electron chi connectivity index (χ1n) is 7.23. The Morgan fingerprint density at radius 2 is 1.90 bits per heavy atom. The van der Waals surface area contributed by atoms with Crippen LogP contribution in [-0.4, -0.2) is 7.11 Å². The van der Waals surface area contributed by atoms with Gasteiger partial charge in [0.25, 0.3) is 0 Å². The molecule has 1 nitrogen and oxygen atoms in total. The molecule has 0 amide bonds. The molecule has 2 unspecified atom stereocenters. The van der Waals surface area contributed by atoms with Gasteiger partial charge >= 0.3 is 0 Å². The second-order valence-electron chi connectivity index (χ2n) is 5.57. The van der Waals surface area contributed by atoms with Crippen LogP contribution in [0, 0.1) is 5.92 Å². The fourth-order valence-electron chi connectivity index (χ4n) is 3.10. The fraction of sp³-hybridized carbons (Fsp3) is 0.333. The van der Waals surface area contributed by atoms with Crippen molar-refractivity contribution in [3.63, 3.8) is 0 Å². The predicted molar refractivity (Wildman–Crippen MR) is 94.3 cm³/mol.